The van der Waals surface area contributed by atoms with Crippen LogP contribution in [0.1, 0.15) is 32.5 Å². The van der Waals surface area contributed by atoms with Crippen molar-refractivity contribution in [2.24, 2.45) is 0 Å². The van der Waals surface area contributed by atoms with Crippen LogP contribution < -0.4 is 5.32 Å². The molecule has 0 radical (unpaired) electrons. The molecule has 1 amide bonds. The van der Waals surface area contributed by atoms with E-state index in [2.05, 4.69) is 20.6 Å². The molecule has 1 N–H and O–H groups in total. The van der Waals surface area contributed by atoms with Gasteiger partial charge in [-0.2, -0.15) is 4.98 Å². The molecule has 0 saturated carbocycles. The lowest BCUT2D eigenvalue weighted by atomic mass is 10.1. The Kier molecular flexibility index (Phi) is 3.66. The summed E-state index contributed by atoms with van der Waals surface area (Å²) in [5.41, 5.74) is 2.08. The van der Waals surface area contributed by atoms with E-state index in [1.807, 2.05) is 0 Å². The molecule has 0 bridgehead atoms. The highest BCUT2D eigenvalue weighted by molar-refractivity contribution is 7.17. The zero-order valence-corrected chi connectivity index (χ0v) is 13.9. The lowest BCUT2D eigenvalue weighted by Crippen LogP contribution is -2.12. The van der Waals surface area contributed by atoms with Gasteiger partial charge in [0.05, 0.1) is 18.8 Å². The van der Waals surface area contributed by atoms with E-state index in [1.165, 1.54) is 11.3 Å². The molecule has 1 aliphatic heterocycles. The number of fused-ring (bicyclic) bond motifs is 1. The van der Waals surface area contributed by atoms with Gasteiger partial charge in [-0.15, -0.1) is 11.3 Å². The second-order valence-electron chi connectivity index (χ2n) is 5.43. The van der Waals surface area contributed by atoms with Crippen LogP contribution in [0.25, 0.3) is 11.5 Å². The van der Waals surface area contributed by atoms with E-state index in [9.17, 15) is 4.79 Å². The van der Waals surface area contributed by atoms with Gasteiger partial charge in [-0.1, -0.05) is 10.3 Å². The SMILES string of the molecule is Cc1noc(-c2c(NC(=O)c3cc(C)on3)sc3c2CCOC3)n1. The summed E-state index contributed by atoms with van der Waals surface area (Å²) in [5.74, 6) is 1.18. The fourth-order valence-corrected chi connectivity index (χ4v) is 3.76. The first-order valence-corrected chi connectivity index (χ1v) is 8.21. The Bertz CT molecular complexity index is 911. The molecule has 24 heavy (non-hydrogen) atoms. The maximum absolute atomic E-state index is 12.4. The van der Waals surface area contributed by atoms with E-state index >= 15 is 0 Å². The van der Waals surface area contributed by atoms with Gasteiger partial charge < -0.3 is 19.1 Å². The van der Waals surface area contributed by atoms with Gasteiger partial charge in [0.25, 0.3) is 11.8 Å². The molecule has 8 nitrogen and oxygen atoms in total. The maximum atomic E-state index is 12.4. The Labute approximate surface area is 140 Å². The molecule has 3 aromatic heterocycles. The Hall–Kier alpha value is -2.52. The highest BCUT2D eigenvalue weighted by atomic mass is 32.1. The van der Waals surface area contributed by atoms with Crippen LogP contribution in [0.3, 0.4) is 0 Å². The first-order chi connectivity index (χ1) is 11.6. The molecular formula is C15H14N4O4S. The molecule has 3 aromatic rings. The van der Waals surface area contributed by atoms with Crippen molar-refractivity contribution < 1.29 is 18.6 Å². The monoisotopic (exact) mass is 346 g/mol. The average molecular weight is 346 g/mol. The third-order valence-corrected chi connectivity index (χ3v) is 4.77. The lowest BCUT2D eigenvalue weighted by molar-refractivity contribution is 0.101. The van der Waals surface area contributed by atoms with Crippen molar-refractivity contribution in [2.75, 3.05) is 11.9 Å². The van der Waals surface area contributed by atoms with E-state index in [0.29, 0.717) is 35.7 Å². The number of thiophene rings is 1. The van der Waals surface area contributed by atoms with Crippen LogP contribution in [-0.4, -0.2) is 27.8 Å². The highest BCUT2D eigenvalue weighted by Gasteiger charge is 2.27. The molecule has 0 unspecified atom stereocenters. The van der Waals surface area contributed by atoms with Crippen molar-refractivity contribution in [1.29, 1.82) is 0 Å². The summed E-state index contributed by atoms with van der Waals surface area (Å²) in [6, 6.07) is 1.59. The summed E-state index contributed by atoms with van der Waals surface area (Å²) >= 11 is 1.45. The molecule has 124 valence electrons. The van der Waals surface area contributed by atoms with Crippen molar-refractivity contribution >= 4 is 22.2 Å². The average Bonchev–Trinajstić information content (AvgIpc) is 3.25. The third-order valence-electron chi connectivity index (χ3n) is 3.65. The summed E-state index contributed by atoms with van der Waals surface area (Å²) in [4.78, 5) is 17.8. The largest absolute Gasteiger partial charge is 0.376 e. The molecule has 0 fully saturated rings. The number of aryl methyl sites for hydroxylation is 2. The number of amides is 1. The quantitative estimate of drug-likeness (QED) is 0.777. The topological polar surface area (TPSA) is 103 Å². The van der Waals surface area contributed by atoms with Crippen molar-refractivity contribution in [3.05, 3.63) is 33.8 Å². The Morgan fingerprint density at radius 2 is 2.17 bits per heavy atom. The molecule has 0 spiro atoms. The number of carbonyl (C=O) groups excluding carboxylic acids is 1. The molecule has 9 heteroatoms. The maximum Gasteiger partial charge on any atom is 0.278 e. The van der Waals surface area contributed by atoms with Gasteiger partial charge in [0.15, 0.2) is 11.5 Å². The van der Waals surface area contributed by atoms with Gasteiger partial charge in [-0.05, 0) is 25.8 Å². The number of anilines is 1. The predicted molar refractivity (Wildman–Crippen MR) is 84.9 cm³/mol. The second-order valence-corrected chi connectivity index (χ2v) is 6.54. The third kappa shape index (κ3) is 2.61. The Morgan fingerprint density at radius 1 is 1.29 bits per heavy atom. The van der Waals surface area contributed by atoms with Crippen LogP contribution >= 0.6 is 11.3 Å². The number of nitrogens with zero attached hydrogens (tertiary/aromatic N) is 3. The van der Waals surface area contributed by atoms with Crippen LogP contribution in [0.5, 0.6) is 0 Å². The molecule has 4 rings (SSSR count). The molecule has 0 atom stereocenters. The van der Waals surface area contributed by atoms with Crippen molar-refractivity contribution in [1.82, 2.24) is 15.3 Å². The van der Waals surface area contributed by atoms with Gasteiger partial charge in [0.2, 0.25) is 0 Å². The van der Waals surface area contributed by atoms with E-state index in [4.69, 9.17) is 13.8 Å². The van der Waals surface area contributed by atoms with Crippen LogP contribution in [0.4, 0.5) is 5.00 Å². The van der Waals surface area contributed by atoms with Crippen LogP contribution in [0, 0.1) is 13.8 Å². The van der Waals surface area contributed by atoms with Gasteiger partial charge >= 0.3 is 0 Å². The molecule has 4 heterocycles. The van der Waals surface area contributed by atoms with Gasteiger partial charge in [-0.3, -0.25) is 4.79 Å². The van der Waals surface area contributed by atoms with Crippen molar-refractivity contribution in [3.8, 4) is 11.5 Å². The predicted octanol–water partition coefficient (Wildman–Crippen LogP) is 2.73. The summed E-state index contributed by atoms with van der Waals surface area (Å²) < 4.78 is 15.8. The lowest BCUT2D eigenvalue weighted by Gasteiger charge is -2.12. The van der Waals surface area contributed by atoms with Crippen molar-refractivity contribution in [2.45, 2.75) is 26.9 Å². The van der Waals surface area contributed by atoms with Gasteiger partial charge in [-0.25, -0.2) is 0 Å². The Morgan fingerprint density at radius 3 is 2.88 bits per heavy atom. The van der Waals surface area contributed by atoms with Crippen molar-refractivity contribution in [3.63, 3.8) is 0 Å². The van der Waals surface area contributed by atoms with E-state index in [0.717, 1.165) is 22.4 Å². The van der Waals surface area contributed by atoms with Crippen LogP contribution in [0.2, 0.25) is 0 Å². The minimum Gasteiger partial charge on any atom is -0.376 e. The number of hydrogen-bond acceptors (Lipinski definition) is 8. The van der Waals surface area contributed by atoms with Gasteiger partial charge in [0, 0.05) is 10.9 Å². The fraction of sp³-hybridized carbons (Fsp3) is 0.333. The summed E-state index contributed by atoms with van der Waals surface area (Å²) in [6.45, 7) is 4.63. The van der Waals surface area contributed by atoms with E-state index < -0.39 is 0 Å². The number of rotatable bonds is 3. The zero-order valence-electron chi connectivity index (χ0n) is 13.1. The summed E-state index contributed by atoms with van der Waals surface area (Å²) in [7, 11) is 0. The van der Waals surface area contributed by atoms with Crippen LogP contribution in [-0.2, 0) is 17.8 Å². The first kappa shape index (κ1) is 15.0. The molecular weight excluding hydrogens is 332 g/mol. The number of ether oxygens (including phenoxy) is 1. The van der Waals surface area contributed by atoms with Crippen LogP contribution in [0.15, 0.2) is 15.1 Å². The van der Waals surface area contributed by atoms with E-state index in [1.54, 1.807) is 19.9 Å². The zero-order chi connectivity index (χ0) is 16.7. The number of carbonyl (C=O) groups is 1. The highest BCUT2D eigenvalue weighted by Crippen LogP contribution is 2.42. The normalized spacial score (nSPS) is 13.8. The smallest absolute Gasteiger partial charge is 0.278 e. The second kappa shape index (κ2) is 5.84. The number of nitrogens with one attached hydrogen (secondary N) is 1. The molecule has 1 aliphatic rings. The summed E-state index contributed by atoms with van der Waals surface area (Å²) in [6.07, 6.45) is 0.738. The minimum absolute atomic E-state index is 0.225. The number of aromatic nitrogens is 3. The van der Waals surface area contributed by atoms with Gasteiger partial charge in [0.1, 0.15) is 10.8 Å². The first-order valence-electron chi connectivity index (χ1n) is 7.39. The summed E-state index contributed by atoms with van der Waals surface area (Å²) in [5, 5.41) is 11.1. The minimum atomic E-state index is -0.344. The number of hydrogen-bond donors (Lipinski definition) is 1. The molecule has 0 aliphatic carbocycles. The molecule has 0 aromatic carbocycles. The fourth-order valence-electron chi connectivity index (χ4n) is 2.59. The Balaban J connectivity index is 1.74. The molecule has 0 saturated heterocycles. The standard InChI is InChI=1S/C15H14N4O4S/c1-7-5-10(19-22-7)13(20)17-15-12(14-16-8(2)18-23-14)9-3-4-21-6-11(9)24-15/h5H,3-4,6H2,1-2H3,(H,17,20). The van der Waals surface area contributed by atoms with E-state index in [-0.39, 0.29) is 11.6 Å².